The first-order valence-corrected chi connectivity index (χ1v) is 5.55. The predicted molar refractivity (Wildman–Crippen MR) is 58.1 cm³/mol. The van der Waals surface area contributed by atoms with Gasteiger partial charge in [-0.15, -0.1) is 0 Å². The van der Waals surface area contributed by atoms with E-state index in [0.717, 1.165) is 38.6 Å². The molecule has 0 saturated heterocycles. The summed E-state index contributed by atoms with van der Waals surface area (Å²) in [5, 5.41) is 3.35. The van der Waals surface area contributed by atoms with Crippen molar-refractivity contribution in [2.24, 2.45) is 5.92 Å². The zero-order valence-electron chi connectivity index (χ0n) is 9.44. The highest BCUT2D eigenvalue weighted by Gasteiger charge is 1.93. The van der Waals surface area contributed by atoms with Crippen molar-refractivity contribution >= 4 is 0 Å². The Hall–Kier alpha value is -0.0800. The summed E-state index contributed by atoms with van der Waals surface area (Å²) in [4.78, 5) is 0. The van der Waals surface area contributed by atoms with Gasteiger partial charge in [-0.25, -0.2) is 0 Å². The Kier molecular flexibility index (Phi) is 9.94. The summed E-state index contributed by atoms with van der Waals surface area (Å²) in [6.45, 7) is 10.7. The van der Waals surface area contributed by atoms with Gasteiger partial charge in [0.2, 0.25) is 0 Å². The molecule has 0 atom stereocenters. The van der Waals surface area contributed by atoms with Gasteiger partial charge in [0.05, 0.1) is 0 Å². The molecule has 0 bridgehead atoms. The van der Waals surface area contributed by atoms with Crippen molar-refractivity contribution < 1.29 is 4.74 Å². The highest BCUT2D eigenvalue weighted by atomic mass is 16.5. The van der Waals surface area contributed by atoms with E-state index in [1.165, 1.54) is 12.8 Å². The Labute approximate surface area is 83.1 Å². The molecule has 0 heterocycles. The zero-order chi connectivity index (χ0) is 9.94. The summed E-state index contributed by atoms with van der Waals surface area (Å²) in [6, 6.07) is 0. The highest BCUT2D eigenvalue weighted by Crippen LogP contribution is 1.98. The van der Waals surface area contributed by atoms with Gasteiger partial charge in [0.15, 0.2) is 0 Å². The van der Waals surface area contributed by atoms with Crippen LogP contribution in [0.15, 0.2) is 0 Å². The second-order valence-corrected chi connectivity index (χ2v) is 3.90. The topological polar surface area (TPSA) is 21.3 Å². The number of hydrogen-bond donors (Lipinski definition) is 1. The molecule has 0 rings (SSSR count). The molecule has 0 aliphatic heterocycles. The summed E-state index contributed by atoms with van der Waals surface area (Å²) in [7, 11) is 0. The maximum atomic E-state index is 5.48. The smallest absolute Gasteiger partial charge is 0.0478 e. The fourth-order valence-electron chi connectivity index (χ4n) is 1.02. The summed E-state index contributed by atoms with van der Waals surface area (Å²) in [5.74, 6) is 0.762. The van der Waals surface area contributed by atoms with Crippen molar-refractivity contribution in [3.63, 3.8) is 0 Å². The van der Waals surface area contributed by atoms with Gasteiger partial charge in [0.1, 0.15) is 0 Å². The summed E-state index contributed by atoms with van der Waals surface area (Å²) >= 11 is 0. The molecule has 0 fully saturated rings. The third-order valence-corrected chi connectivity index (χ3v) is 1.91. The molecule has 0 saturated carbocycles. The Morgan fingerprint density at radius 2 is 1.92 bits per heavy atom. The van der Waals surface area contributed by atoms with Crippen LogP contribution >= 0.6 is 0 Å². The molecular formula is C11H25NO. The third-order valence-electron chi connectivity index (χ3n) is 1.91. The van der Waals surface area contributed by atoms with Gasteiger partial charge in [-0.1, -0.05) is 20.8 Å². The van der Waals surface area contributed by atoms with E-state index in [0.29, 0.717) is 0 Å². The lowest BCUT2D eigenvalue weighted by Gasteiger charge is -2.06. The maximum Gasteiger partial charge on any atom is 0.0478 e. The largest absolute Gasteiger partial charge is 0.381 e. The molecule has 1 N–H and O–H groups in total. The van der Waals surface area contributed by atoms with E-state index in [1.807, 2.05) is 0 Å². The normalized spacial score (nSPS) is 11.1. The Morgan fingerprint density at radius 1 is 1.15 bits per heavy atom. The first kappa shape index (κ1) is 12.9. The quantitative estimate of drug-likeness (QED) is 0.560. The number of rotatable bonds is 9. The number of ether oxygens (including phenoxy) is 1. The van der Waals surface area contributed by atoms with Crippen molar-refractivity contribution in [1.82, 2.24) is 5.32 Å². The highest BCUT2D eigenvalue weighted by molar-refractivity contribution is 4.46. The van der Waals surface area contributed by atoms with E-state index in [2.05, 4.69) is 26.1 Å². The molecular weight excluding hydrogens is 162 g/mol. The Bertz CT molecular complexity index is 94.1. The average molecular weight is 187 g/mol. The Balaban J connectivity index is 2.84. The number of nitrogens with one attached hydrogen (secondary N) is 1. The molecule has 0 aromatic rings. The van der Waals surface area contributed by atoms with Gasteiger partial charge < -0.3 is 10.1 Å². The second-order valence-electron chi connectivity index (χ2n) is 3.90. The molecule has 0 aliphatic rings. The van der Waals surface area contributed by atoms with E-state index in [1.54, 1.807) is 0 Å². The summed E-state index contributed by atoms with van der Waals surface area (Å²) < 4.78 is 5.48. The first-order chi connectivity index (χ1) is 6.27. The van der Waals surface area contributed by atoms with Gasteiger partial charge in [0.25, 0.3) is 0 Å². The monoisotopic (exact) mass is 187 g/mol. The fourth-order valence-corrected chi connectivity index (χ4v) is 1.02. The second kappa shape index (κ2) is 10.0. The molecule has 13 heavy (non-hydrogen) atoms. The van der Waals surface area contributed by atoms with Crippen molar-refractivity contribution in [2.75, 3.05) is 26.3 Å². The van der Waals surface area contributed by atoms with E-state index in [4.69, 9.17) is 4.74 Å². The molecule has 0 radical (unpaired) electrons. The summed E-state index contributed by atoms with van der Waals surface area (Å²) in [6.07, 6.45) is 3.54. The lowest BCUT2D eigenvalue weighted by Crippen LogP contribution is -2.17. The lowest BCUT2D eigenvalue weighted by atomic mass is 10.1. The van der Waals surface area contributed by atoms with E-state index < -0.39 is 0 Å². The lowest BCUT2D eigenvalue weighted by molar-refractivity contribution is 0.121. The third kappa shape index (κ3) is 11.9. The van der Waals surface area contributed by atoms with E-state index in [9.17, 15) is 0 Å². The summed E-state index contributed by atoms with van der Waals surface area (Å²) in [5.41, 5.74) is 0. The van der Waals surface area contributed by atoms with Crippen LogP contribution in [0.2, 0.25) is 0 Å². The van der Waals surface area contributed by atoms with Crippen LogP contribution in [0.25, 0.3) is 0 Å². The van der Waals surface area contributed by atoms with Crippen LogP contribution in [0.4, 0.5) is 0 Å². The molecule has 2 heteroatoms. The predicted octanol–water partition coefficient (Wildman–Crippen LogP) is 2.44. The van der Waals surface area contributed by atoms with Crippen LogP contribution in [-0.2, 0) is 4.74 Å². The zero-order valence-corrected chi connectivity index (χ0v) is 9.44. The molecule has 0 aliphatic carbocycles. The van der Waals surface area contributed by atoms with Gasteiger partial charge >= 0.3 is 0 Å². The molecule has 2 nitrogen and oxygen atoms in total. The molecule has 80 valence electrons. The van der Waals surface area contributed by atoms with Crippen LogP contribution in [0.5, 0.6) is 0 Å². The van der Waals surface area contributed by atoms with Crippen molar-refractivity contribution in [3.8, 4) is 0 Å². The Morgan fingerprint density at radius 3 is 2.54 bits per heavy atom. The van der Waals surface area contributed by atoms with Crippen LogP contribution in [0.3, 0.4) is 0 Å². The van der Waals surface area contributed by atoms with Gasteiger partial charge in [-0.05, 0) is 38.3 Å². The van der Waals surface area contributed by atoms with Crippen molar-refractivity contribution in [2.45, 2.75) is 40.0 Å². The van der Waals surface area contributed by atoms with E-state index >= 15 is 0 Å². The standard InChI is InChI=1S/C11H25NO/c1-4-7-12-8-5-9-13-10-6-11(2)3/h11-12H,4-10H2,1-3H3. The fraction of sp³-hybridized carbons (Fsp3) is 1.00. The van der Waals surface area contributed by atoms with E-state index in [-0.39, 0.29) is 0 Å². The van der Waals surface area contributed by atoms with Crippen LogP contribution in [0.1, 0.15) is 40.0 Å². The first-order valence-electron chi connectivity index (χ1n) is 5.55. The molecule has 0 amide bonds. The van der Waals surface area contributed by atoms with Gasteiger partial charge in [-0.2, -0.15) is 0 Å². The van der Waals surface area contributed by atoms with Gasteiger partial charge in [-0.3, -0.25) is 0 Å². The molecule has 0 unspecified atom stereocenters. The van der Waals surface area contributed by atoms with Crippen molar-refractivity contribution in [3.05, 3.63) is 0 Å². The molecule has 0 aromatic carbocycles. The maximum absolute atomic E-state index is 5.48. The molecule has 0 spiro atoms. The van der Waals surface area contributed by atoms with Crippen LogP contribution in [0, 0.1) is 5.92 Å². The van der Waals surface area contributed by atoms with Crippen molar-refractivity contribution in [1.29, 1.82) is 0 Å². The van der Waals surface area contributed by atoms with Crippen LogP contribution < -0.4 is 5.32 Å². The molecule has 0 aromatic heterocycles. The minimum Gasteiger partial charge on any atom is -0.381 e. The van der Waals surface area contributed by atoms with Crippen LogP contribution in [-0.4, -0.2) is 26.3 Å². The minimum absolute atomic E-state index is 0.762. The average Bonchev–Trinajstić information content (AvgIpc) is 2.09. The minimum atomic E-state index is 0.762. The number of hydrogen-bond acceptors (Lipinski definition) is 2. The van der Waals surface area contributed by atoms with Gasteiger partial charge in [0, 0.05) is 13.2 Å². The SMILES string of the molecule is CCCNCCCOCCC(C)C.